The van der Waals surface area contributed by atoms with Crippen LogP contribution in [0.4, 0.5) is 0 Å². The van der Waals surface area contributed by atoms with Gasteiger partial charge in [-0.3, -0.25) is 4.48 Å². The van der Waals surface area contributed by atoms with Gasteiger partial charge < -0.3 is 5.11 Å². The number of rotatable bonds is 1. The number of carboxylic acid groups (broad SMARTS) is 1. The van der Waals surface area contributed by atoms with Crippen molar-refractivity contribution in [2.24, 2.45) is 0 Å². The Morgan fingerprint density at radius 3 is 2.38 bits per heavy atom. The van der Waals surface area contributed by atoms with Crippen molar-refractivity contribution in [3.63, 3.8) is 0 Å². The average Bonchev–Trinajstić information content (AvgIpc) is 2.04. The Balaban J connectivity index is 2.89. The highest BCUT2D eigenvalue weighted by Gasteiger charge is 2.44. The minimum Gasteiger partial charge on any atom is -0.477 e. The molecule has 0 aliphatic carbocycles. The summed E-state index contributed by atoms with van der Waals surface area (Å²) in [7, 11) is 1.72. The number of hydrogen-bond acceptors (Lipinski definition) is 2. The van der Waals surface area contributed by atoms with Gasteiger partial charge in [-0.1, -0.05) is 0 Å². The minimum atomic E-state index is -0.850. The zero-order valence-electron chi connectivity index (χ0n) is 8.12. The summed E-state index contributed by atoms with van der Waals surface area (Å²) >= 11 is 0. The lowest BCUT2D eigenvalue weighted by Gasteiger charge is -2.39. The summed E-state index contributed by atoms with van der Waals surface area (Å²) in [6.07, 6.45) is 2.48. The molecule has 2 atom stereocenters. The molecule has 2 unspecified atom stereocenters. The molecule has 1 heterocycles. The molecule has 1 saturated heterocycles. The maximum Gasteiger partial charge on any atom is 0.363 e. The van der Waals surface area contributed by atoms with Gasteiger partial charge >= 0.3 is 11.9 Å². The van der Waals surface area contributed by atoms with E-state index in [0.29, 0.717) is 13.0 Å². The number of amides is 1. The monoisotopic (exact) mass is 186 g/mol. The number of carbonyl (C=O) groups excluding carboxylic acids is 1. The van der Waals surface area contributed by atoms with E-state index >= 15 is 0 Å². The number of hydrogen-bond donors (Lipinski definition) is 1. The smallest absolute Gasteiger partial charge is 0.363 e. The van der Waals surface area contributed by atoms with Gasteiger partial charge in [-0.25, -0.2) is 9.59 Å². The van der Waals surface area contributed by atoms with E-state index in [2.05, 4.69) is 0 Å². The lowest BCUT2D eigenvalue weighted by molar-refractivity contribution is -0.856. The molecule has 1 aliphatic rings. The Bertz CT molecular complexity index is 239. The number of carbonyl (C=O) groups is 2. The van der Waals surface area contributed by atoms with Crippen molar-refractivity contribution in [3.05, 3.63) is 0 Å². The highest BCUT2D eigenvalue weighted by Crippen LogP contribution is 2.24. The maximum absolute atomic E-state index is 11.3. The molecule has 13 heavy (non-hydrogen) atoms. The van der Waals surface area contributed by atoms with Gasteiger partial charge in [0, 0.05) is 6.42 Å². The van der Waals surface area contributed by atoms with Crippen LogP contribution in [-0.2, 0) is 9.59 Å². The molecule has 0 saturated carbocycles. The van der Waals surface area contributed by atoms with Gasteiger partial charge in [-0.15, -0.1) is 0 Å². The number of carboxylic acids is 1. The molecule has 1 fully saturated rings. The Labute approximate surface area is 77.7 Å². The highest BCUT2D eigenvalue weighted by molar-refractivity contribution is 5.76. The van der Waals surface area contributed by atoms with Gasteiger partial charge in [-0.05, 0) is 12.8 Å². The standard InChI is InChI=1S/C9H15NO3/c1-7(11)10(2)6-4-3-5-8(10)9(12)13/h8H,3-6H2,1-2H3/p+1. The molecular weight excluding hydrogens is 170 g/mol. The van der Waals surface area contributed by atoms with Crippen LogP contribution < -0.4 is 0 Å². The topological polar surface area (TPSA) is 54.4 Å². The van der Waals surface area contributed by atoms with E-state index in [1.807, 2.05) is 0 Å². The van der Waals surface area contributed by atoms with Gasteiger partial charge in [0.15, 0.2) is 6.04 Å². The van der Waals surface area contributed by atoms with E-state index in [-0.39, 0.29) is 10.4 Å². The van der Waals surface area contributed by atoms with E-state index in [1.54, 1.807) is 7.05 Å². The fraction of sp³-hybridized carbons (Fsp3) is 0.778. The zero-order chi connectivity index (χ0) is 10.1. The first-order valence-electron chi connectivity index (χ1n) is 4.57. The molecule has 74 valence electrons. The average molecular weight is 186 g/mol. The van der Waals surface area contributed by atoms with Crippen molar-refractivity contribution in [1.29, 1.82) is 0 Å². The molecule has 4 heteroatoms. The molecule has 1 rings (SSSR count). The molecule has 1 amide bonds. The fourth-order valence-corrected chi connectivity index (χ4v) is 1.96. The molecule has 0 spiro atoms. The first-order chi connectivity index (χ1) is 5.98. The lowest BCUT2D eigenvalue weighted by Crippen LogP contribution is -2.60. The van der Waals surface area contributed by atoms with Gasteiger partial charge in [-0.2, -0.15) is 0 Å². The van der Waals surface area contributed by atoms with Gasteiger partial charge in [0.05, 0.1) is 20.5 Å². The molecular formula is C9H16NO3+. The molecule has 0 radical (unpaired) electrons. The van der Waals surface area contributed by atoms with Gasteiger partial charge in [0.1, 0.15) is 0 Å². The van der Waals surface area contributed by atoms with Crippen molar-refractivity contribution in [3.8, 4) is 0 Å². The van der Waals surface area contributed by atoms with Crippen molar-refractivity contribution in [2.45, 2.75) is 32.2 Å². The summed E-state index contributed by atoms with van der Waals surface area (Å²) in [5.41, 5.74) is 0. The number of nitrogens with zero attached hydrogens (tertiary/aromatic N) is 1. The highest BCUT2D eigenvalue weighted by atomic mass is 16.4. The van der Waals surface area contributed by atoms with E-state index in [0.717, 1.165) is 12.8 Å². The fourth-order valence-electron chi connectivity index (χ4n) is 1.96. The third-order valence-electron chi connectivity index (χ3n) is 3.04. The Morgan fingerprint density at radius 1 is 1.38 bits per heavy atom. The van der Waals surface area contributed by atoms with Crippen LogP contribution in [0.15, 0.2) is 0 Å². The number of likely N-dealkylation sites (N-methyl/N-ethyl adjacent to an activating group) is 1. The third-order valence-corrected chi connectivity index (χ3v) is 3.04. The largest absolute Gasteiger partial charge is 0.477 e. The molecule has 4 nitrogen and oxygen atoms in total. The quantitative estimate of drug-likeness (QED) is 0.611. The summed E-state index contributed by atoms with van der Waals surface area (Å²) in [4.78, 5) is 22.3. The van der Waals surface area contributed by atoms with E-state index in [4.69, 9.17) is 5.11 Å². The summed E-state index contributed by atoms with van der Waals surface area (Å²) in [6.45, 7) is 2.13. The van der Waals surface area contributed by atoms with E-state index in [1.165, 1.54) is 6.92 Å². The molecule has 0 aromatic heterocycles. The second-order valence-corrected chi connectivity index (χ2v) is 3.86. The Hall–Kier alpha value is -0.900. The van der Waals surface area contributed by atoms with Crippen molar-refractivity contribution in [2.75, 3.05) is 13.6 Å². The molecule has 1 N–H and O–H groups in total. The molecule has 0 aromatic carbocycles. The summed E-state index contributed by atoms with van der Waals surface area (Å²) in [5.74, 6) is -0.899. The van der Waals surface area contributed by atoms with Gasteiger partial charge in [0.2, 0.25) is 0 Å². The summed E-state index contributed by atoms with van der Waals surface area (Å²) < 4.78 is 0.0648. The number of likely N-dealkylation sites (tertiary alicyclic amines) is 1. The lowest BCUT2D eigenvalue weighted by atomic mass is 9.99. The molecule has 1 aliphatic heterocycles. The second kappa shape index (κ2) is 3.46. The second-order valence-electron chi connectivity index (χ2n) is 3.86. The zero-order valence-corrected chi connectivity index (χ0v) is 8.12. The normalized spacial score (nSPS) is 34.2. The SMILES string of the molecule is CC(=O)[N+]1(C)CCCCC1C(=O)O. The third kappa shape index (κ3) is 1.72. The van der Waals surface area contributed by atoms with Crippen LogP contribution in [0.1, 0.15) is 26.2 Å². The van der Waals surface area contributed by atoms with Crippen LogP contribution >= 0.6 is 0 Å². The van der Waals surface area contributed by atoms with Crippen LogP contribution in [0.2, 0.25) is 0 Å². The van der Waals surface area contributed by atoms with Crippen LogP contribution in [0.25, 0.3) is 0 Å². The van der Waals surface area contributed by atoms with Gasteiger partial charge in [0.25, 0.3) is 0 Å². The van der Waals surface area contributed by atoms with Crippen molar-refractivity contribution >= 4 is 11.9 Å². The number of aliphatic carboxylic acids is 1. The summed E-state index contributed by atoms with van der Waals surface area (Å²) in [6, 6.07) is -0.536. The van der Waals surface area contributed by atoms with Crippen LogP contribution in [0, 0.1) is 0 Å². The van der Waals surface area contributed by atoms with Crippen LogP contribution in [0.3, 0.4) is 0 Å². The predicted octanol–water partition coefficient (Wildman–Crippen LogP) is 0.617. The Kier molecular flexibility index (Phi) is 2.71. The maximum atomic E-state index is 11.3. The van der Waals surface area contributed by atoms with Crippen molar-refractivity contribution < 1.29 is 19.2 Å². The first kappa shape index (κ1) is 10.2. The van der Waals surface area contributed by atoms with Crippen LogP contribution in [-0.4, -0.2) is 41.1 Å². The molecule has 0 aromatic rings. The molecule has 0 bridgehead atoms. The Morgan fingerprint density at radius 2 is 2.00 bits per heavy atom. The van der Waals surface area contributed by atoms with E-state index in [9.17, 15) is 9.59 Å². The predicted molar refractivity (Wildman–Crippen MR) is 47.0 cm³/mol. The van der Waals surface area contributed by atoms with E-state index < -0.39 is 12.0 Å². The van der Waals surface area contributed by atoms with Crippen LogP contribution in [0.5, 0.6) is 0 Å². The minimum absolute atomic E-state index is 0.0490. The number of quaternary nitrogens is 1. The van der Waals surface area contributed by atoms with Crippen molar-refractivity contribution in [1.82, 2.24) is 0 Å². The number of piperidine rings is 1. The summed E-state index contributed by atoms with van der Waals surface area (Å²) in [5, 5.41) is 8.95. The first-order valence-corrected chi connectivity index (χ1v) is 4.57.